The Kier molecular flexibility index (Phi) is 5.89. The summed E-state index contributed by atoms with van der Waals surface area (Å²) >= 11 is 0. The Morgan fingerprint density at radius 2 is 2.00 bits per heavy atom. The SMILES string of the molecule is Nc1ccc(O)c(C(=O)O)c1.[CH2]CCO. The van der Waals surface area contributed by atoms with E-state index in [0.29, 0.717) is 12.1 Å². The number of aromatic carboxylic acids is 1. The van der Waals surface area contributed by atoms with Gasteiger partial charge in [-0.3, -0.25) is 0 Å². The van der Waals surface area contributed by atoms with Crippen molar-refractivity contribution < 1.29 is 20.1 Å². The maximum atomic E-state index is 10.4. The number of aromatic hydroxyl groups is 1. The highest BCUT2D eigenvalue weighted by molar-refractivity contribution is 5.91. The number of hydrogen-bond acceptors (Lipinski definition) is 4. The van der Waals surface area contributed by atoms with Crippen molar-refractivity contribution in [3.05, 3.63) is 30.7 Å². The maximum absolute atomic E-state index is 10.4. The van der Waals surface area contributed by atoms with Crippen molar-refractivity contribution in [1.29, 1.82) is 0 Å². The van der Waals surface area contributed by atoms with Gasteiger partial charge in [-0.1, -0.05) is 6.92 Å². The summed E-state index contributed by atoms with van der Waals surface area (Å²) in [5.41, 5.74) is 5.43. The summed E-state index contributed by atoms with van der Waals surface area (Å²) in [5.74, 6) is -1.46. The first-order valence-electron chi connectivity index (χ1n) is 4.24. The summed E-state index contributed by atoms with van der Waals surface area (Å²) in [6.45, 7) is 3.56. The molecule has 5 N–H and O–H groups in total. The third kappa shape index (κ3) is 4.87. The Morgan fingerprint density at radius 1 is 1.47 bits per heavy atom. The summed E-state index contributed by atoms with van der Waals surface area (Å²) in [6, 6.07) is 3.89. The van der Waals surface area contributed by atoms with E-state index in [9.17, 15) is 4.79 Å². The molecule has 0 spiro atoms. The molecule has 0 fully saturated rings. The smallest absolute Gasteiger partial charge is 0.339 e. The highest BCUT2D eigenvalue weighted by Crippen LogP contribution is 2.18. The molecular weight excluding hydrogens is 198 g/mol. The minimum Gasteiger partial charge on any atom is -0.507 e. The summed E-state index contributed by atoms with van der Waals surface area (Å²) in [5, 5.41) is 25.3. The first-order valence-corrected chi connectivity index (χ1v) is 4.24. The van der Waals surface area contributed by atoms with Gasteiger partial charge >= 0.3 is 5.97 Å². The van der Waals surface area contributed by atoms with Crippen molar-refractivity contribution in [1.82, 2.24) is 0 Å². The summed E-state index contributed by atoms with van der Waals surface area (Å²) in [7, 11) is 0. The lowest BCUT2D eigenvalue weighted by Gasteiger charge is -1.98. The number of benzene rings is 1. The van der Waals surface area contributed by atoms with Crippen LogP contribution in [0.4, 0.5) is 5.69 Å². The van der Waals surface area contributed by atoms with E-state index in [2.05, 4.69) is 6.92 Å². The molecule has 5 nitrogen and oxygen atoms in total. The van der Waals surface area contributed by atoms with Gasteiger partial charge in [-0.15, -0.1) is 0 Å². The normalized spacial score (nSPS) is 8.93. The number of carboxylic acids is 1. The number of carboxylic acid groups (broad SMARTS) is 1. The van der Waals surface area contributed by atoms with Gasteiger partial charge in [0.15, 0.2) is 0 Å². The topological polar surface area (TPSA) is 104 Å². The van der Waals surface area contributed by atoms with Crippen molar-refractivity contribution in [3.8, 4) is 5.75 Å². The Bertz CT molecular complexity index is 323. The quantitative estimate of drug-likeness (QED) is 0.430. The lowest BCUT2D eigenvalue weighted by atomic mass is 10.2. The van der Waals surface area contributed by atoms with Gasteiger partial charge in [0, 0.05) is 12.3 Å². The predicted molar refractivity (Wildman–Crippen MR) is 56.5 cm³/mol. The highest BCUT2D eigenvalue weighted by atomic mass is 16.4. The van der Waals surface area contributed by atoms with E-state index in [-0.39, 0.29) is 17.9 Å². The van der Waals surface area contributed by atoms with Gasteiger partial charge in [-0.2, -0.15) is 0 Å². The third-order valence-corrected chi connectivity index (χ3v) is 1.41. The van der Waals surface area contributed by atoms with Crippen LogP contribution in [0.1, 0.15) is 16.8 Å². The number of nitrogens with two attached hydrogens (primary N) is 1. The first kappa shape index (κ1) is 13.2. The van der Waals surface area contributed by atoms with E-state index in [1.54, 1.807) is 0 Å². The summed E-state index contributed by atoms with van der Waals surface area (Å²) in [4.78, 5) is 10.4. The molecule has 1 aromatic rings. The van der Waals surface area contributed by atoms with E-state index in [0.717, 1.165) is 0 Å². The van der Waals surface area contributed by atoms with Crippen LogP contribution in [0.2, 0.25) is 0 Å². The maximum Gasteiger partial charge on any atom is 0.339 e. The number of carbonyl (C=O) groups is 1. The van der Waals surface area contributed by atoms with E-state index in [1.807, 2.05) is 0 Å². The minimum atomic E-state index is -1.19. The van der Waals surface area contributed by atoms with E-state index < -0.39 is 5.97 Å². The molecule has 1 rings (SSSR count). The molecule has 0 aromatic heterocycles. The molecule has 0 amide bonds. The van der Waals surface area contributed by atoms with Crippen molar-refractivity contribution in [2.45, 2.75) is 6.42 Å². The lowest BCUT2D eigenvalue weighted by molar-refractivity contribution is 0.0694. The van der Waals surface area contributed by atoms with Gasteiger partial charge < -0.3 is 21.1 Å². The van der Waals surface area contributed by atoms with Crippen LogP contribution >= 0.6 is 0 Å². The molecule has 0 aliphatic rings. The van der Waals surface area contributed by atoms with Gasteiger partial charge in [0.25, 0.3) is 0 Å². The number of aliphatic hydroxyl groups excluding tert-OH is 1. The van der Waals surface area contributed by atoms with Crippen LogP contribution in [0, 0.1) is 6.92 Å². The second kappa shape index (κ2) is 6.67. The van der Waals surface area contributed by atoms with Crippen LogP contribution in [0.3, 0.4) is 0 Å². The Hall–Kier alpha value is -1.75. The average molecular weight is 212 g/mol. The molecule has 0 atom stereocenters. The second-order valence-electron chi connectivity index (χ2n) is 2.66. The number of anilines is 1. The molecule has 0 saturated carbocycles. The third-order valence-electron chi connectivity index (χ3n) is 1.41. The Labute approximate surface area is 87.8 Å². The van der Waals surface area contributed by atoms with Crippen molar-refractivity contribution >= 4 is 11.7 Å². The van der Waals surface area contributed by atoms with Crippen LogP contribution < -0.4 is 5.73 Å². The number of aliphatic hydroxyl groups is 1. The van der Waals surface area contributed by atoms with Crippen LogP contribution in [0.5, 0.6) is 5.75 Å². The molecule has 0 aliphatic heterocycles. The molecule has 0 heterocycles. The number of nitrogen functional groups attached to an aromatic ring is 1. The first-order chi connectivity index (χ1) is 7.02. The van der Waals surface area contributed by atoms with Crippen molar-refractivity contribution in [2.75, 3.05) is 12.3 Å². The van der Waals surface area contributed by atoms with Gasteiger partial charge in [0.2, 0.25) is 0 Å². The Balaban J connectivity index is 0.000000423. The zero-order chi connectivity index (χ0) is 11.8. The standard InChI is InChI=1S/C7H7NO3.C3H7O/c8-4-1-2-6(9)5(3-4)7(10)11;1-2-3-4/h1-3,9H,8H2,(H,10,11);4H,1-3H2. The average Bonchev–Trinajstić information content (AvgIpc) is 2.22. The van der Waals surface area contributed by atoms with E-state index in [4.69, 9.17) is 21.1 Å². The number of rotatable bonds is 2. The minimum absolute atomic E-state index is 0.176. The number of phenols is 1. The van der Waals surface area contributed by atoms with E-state index in [1.165, 1.54) is 18.2 Å². The fourth-order valence-corrected chi connectivity index (χ4v) is 0.725. The predicted octanol–water partition coefficient (Wildman–Crippen LogP) is 0.875. The number of hydrogen-bond donors (Lipinski definition) is 4. The van der Waals surface area contributed by atoms with Crippen LogP contribution in [0.25, 0.3) is 0 Å². The zero-order valence-electron chi connectivity index (χ0n) is 8.18. The molecule has 1 aromatic carbocycles. The van der Waals surface area contributed by atoms with Crippen molar-refractivity contribution in [2.24, 2.45) is 0 Å². The molecule has 0 aliphatic carbocycles. The molecule has 0 bridgehead atoms. The highest BCUT2D eigenvalue weighted by Gasteiger charge is 2.08. The zero-order valence-corrected chi connectivity index (χ0v) is 8.18. The Morgan fingerprint density at radius 3 is 2.33 bits per heavy atom. The fourth-order valence-electron chi connectivity index (χ4n) is 0.725. The van der Waals surface area contributed by atoms with Gasteiger partial charge in [0.05, 0.1) is 0 Å². The van der Waals surface area contributed by atoms with Crippen molar-refractivity contribution in [3.63, 3.8) is 0 Å². The second-order valence-corrected chi connectivity index (χ2v) is 2.66. The molecule has 0 unspecified atom stereocenters. The molecule has 5 heteroatoms. The van der Waals surface area contributed by atoms with Gasteiger partial charge in [-0.25, -0.2) is 4.79 Å². The fraction of sp³-hybridized carbons (Fsp3) is 0.200. The summed E-state index contributed by atoms with van der Waals surface area (Å²) < 4.78 is 0. The lowest BCUT2D eigenvalue weighted by Crippen LogP contribution is -1.97. The van der Waals surface area contributed by atoms with Gasteiger partial charge in [0.1, 0.15) is 11.3 Å². The van der Waals surface area contributed by atoms with Crippen LogP contribution in [-0.2, 0) is 0 Å². The molecule has 83 valence electrons. The summed E-state index contributed by atoms with van der Waals surface area (Å²) in [6.07, 6.45) is 0.625. The van der Waals surface area contributed by atoms with Crippen LogP contribution in [-0.4, -0.2) is 27.9 Å². The molecular formula is C10H14NO4. The monoisotopic (exact) mass is 212 g/mol. The molecule has 0 saturated heterocycles. The van der Waals surface area contributed by atoms with Crippen LogP contribution in [0.15, 0.2) is 18.2 Å². The molecule has 15 heavy (non-hydrogen) atoms. The van der Waals surface area contributed by atoms with Gasteiger partial charge in [-0.05, 0) is 24.6 Å². The molecule has 1 radical (unpaired) electrons. The van der Waals surface area contributed by atoms with E-state index >= 15 is 0 Å². The largest absolute Gasteiger partial charge is 0.507 e.